The lowest BCUT2D eigenvalue weighted by atomic mass is 9.61. The van der Waals surface area contributed by atoms with Gasteiger partial charge in [-0.05, 0) is 56.0 Å². The van der Waals surface area contributed by atoms with Gasteiger partial charge in [0, 0.05) is 12.6 Å². The molecule has 2 fully saturated rings. The zero-order chi connectivity index (χ0) is 11.8. The summed E-state index contributed by atoms with van der Waals surface area (Å²) in [6.45, 7) is 11.2. The van der Waals surface area contributed by atoms with Gasteiger partial charge in [0.1, 0.15) is 0 Å². The second-order valence-electron chi connectivity index (χ2n) is 6.56. The molecule has 94 valence electrons. The summed E-state index contributed by atoms with van der Waals surface area (Å²) in [6.07, 6.45) is 5.36. The van der Waals surface area contributed by atoms with Crippen molar-refractivity contribution in [3.05, 3.63) is 0 Å². The normalized spacial score (nSPS) is 40.1. The van der Waals surface area contributed by atoms with Gasteiger partial charge >= 0.3 is 0 Å². The number of nitrogens with two attached hydrogens (primary N) is 1. The SMILES string of the molecule is CC1C(N)CCC(CN2CCCC2)C1(C)C. The van der Waals surface area contributed by atoms with Gasteiger partial charge in [-0.2, -0.15) is 0 Å². The van der Waals surface area contributed by atoms with E-state index in [0.717, 1.165) is 5.92 Å². The average molecular weight is 224 g/mol. The predicted octanol–water partition coefficient (Wildman–Crippen LogP) is 2.48. The van der Waals surface area contributed by atoms with Gasteiger partial charge in [-0.15, -0.1) is 0 Å². The van der Waals surface area contributed by atoms with Crippen LogP contribution in [0.15, 0.2) is 0 Å². The van der Waals surface area contributed by atoms with E-state index in [4.69, 9.17) is 5.73 Å². The summed E-state index contributed by atoms with van der Waals surface area (Å²) in [4.78, 5) is 2.66. The van der Waals surface area contributed by atoms with Gasteiger partial charge in [0.2, 0.25) is 0 Å². The van der Waals surface area contributed by atoms with Gasteiger partial charge in [0.05, 0.1) is 0 Å². The second-order valence-corrected chi connectivity index (χ2v) is 6.56. The highest BCUT2D eigenvalue weighted by atomic mass is 15.1. The van der Waals surface area contributed by atoms with Crippen molar-refractivity contribution in [2.75, 3.05) is 19.6 Å². The van der Waals surface area contributed by atoms with Crippen LogP contribution >= 0.6 is 0 Å². The monoisotopic (exact) mass is 224 g/mol. The van der Waals surface area contributed by atoms with Crippen LogP contribution in [0.3, 0.4) is 0 Å². The Bertz CT molecular complexity index is 231. The van der Waals surface area contributed by atoms with Crippen LogP contribution < -0.4 is 5.73 Å². The molecule has 0 spiro atoms. The van der Waals surface area contributed by atoms with Crippen LogP contribution in [0.5, 0.6) is 0 Å². The molecule has 0 amide bonds. The van der Waals surface area contributed by atoms with Crippen molar-refractivity contribution in [2.24, 2.45) is 23.0 Å². The molecule has 0 radical (unpaired) electrons. The summed E-state index contributed by atoms with van der Waals surface area (Å²) < 4.78 is 0. The Balaban J connectivity index is 1.97. The van der Waals surface area contributed by atoms with Gasteiger partial charge in [0.15, 0.2) is 0 Å². The molecule has 1 heterocycles. The third-order valence-corrected chi connectivity index (χ3v) is 5.39. The van der Waals surface area contributed by atoms with E-state index in [2.05, 4.69) is 25.7 Å². The number of rotatable bonds is 2. The van der Waals surface area contributed by atoms with E-state index in [1.807, 2.05) is 0 Å². The zero-order valence-electron chi connectivity index (χ0n) is 11.2. The lowest BCUT2D eigenvalue weighted by molar-refractivity contribution is 0.0334. The third-order valence-electron chi connectivity index (χ3n) is 5.39. The van der Waals surface area contributed by atoms with Gasteiger partial charge < -0.3 is 10.6 Å². The highest BCUT2D eigenvalue weighted by molar-refractivity contribution is 4.94. The first-order valence-corrected chi connectivity index (χ1v) is 6.99. The molecular weight excluding hydrogens is 196 g/mol. The highest BCUT2D eigenvalue weighted by Gasteiger charge is 2.42. The fraction of sp³-hybridized carbons (Fsp3) is 1.00. The molecule has 1 saturated carbocycles. The summed E-state index contributed by atoms with van der Waals surface area (Å²) in [6, 6.07) is 0.421. The number of nitrogens with zero attached hydrogens (tertiary/aromatic N) is 1. The first kappa shape index (κ1) is 12.4. The second kappa shape index (κ2) is 4.66. The summed E-state index contributed by atoms with van der Waals surface area (Å²) >= 11 is 0. The van der Waals surface area contributed by atoms with Crippen molar-refractivity contribution in [1.82, 2.24) is 4.90 Å². The molecule has 3 atom stereocenters. The minimum absolute atomic E-state index is 0.417. The predicted molar refractivity (Wildman–Crippen MR) is 69.3 cm³/mol. The van der Waals surface area contributed by atoms with E-state index in [1.165, 1.54) is 45.3 Å². The van der Waals surface area contributed by atoms with Crippen LogP contribution in [0.2, 0.25) is 0 Å². The molecule has 0 bridgehead atoms. The number of likely N-dealkylation sites (tertiary alicyclic amines) is 1. The molecule has 0 aromatic carbocycles. The van der Waals surface area contributed by atoms with Crippen LogP contribution in [-0.4, -0.2) is 30.6 Å². The Morgan fingerprint density at radius 1 is 1.19 bits per heavy atom. The maximum atomic E-state index is 6.21. The Morgan fingerprint density at radius 3 is 2.44 bits per heavy atom. The van der Waals surface area contributed by atoms with Crippen molar-refractivity contribution >= 4 is 0 Å². The molecule has 2 heteroatoms. The smallest absolute Gasteiger partial charge is 0.00698 e. The fourth-order valence-corrected chi connectivity index (χ4v) is 3.54. The molecule has 0 aromatic rings. The summed E-state index contributed by atoms with van der Waals surface area (Å²) in [7, 11) is 0. The minimum atomic E-state index is 0.417. The Kier molecular flexibility index (Phi) is 3.60. The van der Waals surface area contributed by atoms with E-state index in [0.29, 0.717) is 17.4 Å². The van der Waals surface area contributed by atoms with Crippen molar-refractivity contribution < 1.29 is 0 Å². The number of hydrogen-bond acceptors (Lipinski definition) is 2. The third kappa shape index (κ3) is 2.28. The summed E-state index contributed by atoms with van der Waals surface area (Å²) in [5.74, 6) is 1.51. The summed E-state index contributed by atoms with van der Waals surface area (Å²) in [5, 5.41) is 0. The van der Waals surface area contributed by atoms with Gasteiger partial charge in [-0.3, -0.25) is 0 Å². The van der Waals surface area contributed by atoms with Crippen LogP contribution in [-0.2, 0) is 0 Å². The van der Waals surface area contributed by atoms with Crippen LogP contribution in [0.1, 0.15) is 46.5 Å². The maximum Gasteiger partial charge on any atom is 0.00698 e. The molecule has 2 N–H and O–H groups in total. The molecule has 3 unspecified atom stereocenters. The Labute approximate surface area is 101 Å². The van der Waals surface area contributed by atoms with Crippen LogP contribution in [0, 0.1) is 17.3 Å². The topological polar surface area (TPSA) is 29.3 Å². The molecule has 1 aliphatic carbocycles. The maximum absolute atomic E-state index is 6.21. The zero-order valence-corrected chi connectivity index (χ0v) is 11.2. The van der Waals surface area contributed by atoms with Crippen molar-refractivity contribution in [1.29, 1.82) is 0 Å². The van der Waals surface area contributed by atoms with Crippen LogP contribution in [0.4, 0.5) is 0 Å². The van der Waals surface area contributed by atoms with Crippen molar-refractivity contribution in [3.63, 3.8) is 0 Å². The molecule has 0 aromatic heterocycles. The molecule has 2 aliphatic rings. The largest absolute Gasteiger partial charge is 0.327 e. The van der Waals surface area contributed by atoms with Gasteiger partial charge in [0.25, 0.3) is 0 Å². The molecule has 1 aliphatic heterocycles. The highest BCUT2D eigenvalue weighted by Crippen LogP contribution is 2.44. The van der Waals surface area contributed by atoms with Gasteiger partial charge in [-0.25, -0.2) is 0 Å². The Hall–Kier alpha value is -0.0800. The molecule has 2 nitrogen and oxygen atoms in total. The van der Waals surface area contributed by atoms with E-state index in [-0.39, 0.29) is 0 Å². The Morgan fingerprint density at radius 2 is 1.81 bits per heavy atom. The standard InChI is InChI=1S/C14H28N2/c1-11-13(15)7-6-12(14(11,2)3)10-16-8-4-5-9-16/h11-13H,4-10,15H2,1-3H3. The van der Waals surface area contributed by atoms with E-state index < -0.39 is 0 Å². The first-order chi connectivity index (χ1) is 7.51. The van der Waals surface area contributed by atoms with Crippen molar-refractivity contribution in [3.8, 4) is 0 Å². The van der Waals surface area contributed by atoms with Crippen LogP contribution in [0.25, 0.3) is 0 Å². The molecule has 16 heavy (non-hydrogen) atoms. The molecule has 1 saturated heterocycles. The molecule has 2 rings (SSSR count). The van der Waals surface area contributed by atoms with E-state index in [1.54, 1.807) is 0 Å². The average Bonchev–Trinajstić information content (AvgIpc) is 2.72. The lowest BCUT2D eigenvalue weighted by Crippen LogP contribution is -2.49. The minimum Gasteiger partial charge on any atom is -0.327 e. The number of hydrogen-bond donors (Lipinski definition) is 1. The summed E-state index contributed by atoms with van der Waals surface area (Å²) in [5.41, 5.74) is 6.63. The van der Waals surface area contributed by atoms with Gasteiger partial charge in [-0.1, -0.05) is 20.8 Å². The first-order valence-electron chi connectivity index (χ1n) is 6.99. The lowest BCUT2D eigenvalue weighted by Gasteiger charge is -2.48. The quantitative estimate of drug-likeness (QED) is 0.781. The van der Waals surface area contributed by atoms with E-state index in [9.17, 15) is 0 Å². The molecular formula is C14H28N2. The van der Waals surface area contributed by atoms with E-state index >= 15 is 0 Å². The fourth-order valence-electron chi connectivity index (χ4n) is 3.54. The van der Waals surface area contributed by atoms with Crippen molar-refractivity contribution in [2.45, 2.75) is 52.5 Å².